The Bertz CT molecular complexity index is 608. The van der Waals surface area contributed by atoms with E-state index in [1.54, 1.807) is 0 Å². The molecule has 0 aliphatic rings. The average Bonchev–Trinajstić information content (AvgIpc) is 2.14. The summed E-state index contributed by atoms with van der Waals surface area (Å²) >= 11 is 2.86. The van der Waals surface area contributed by atoms with Crippen molar-refractivity contribution in [3.8, 4) is 6.07 Å². The number of rotatable bonds is 2. The Morgan fingerprint density at radius 2 is 2.06 bits per heavy atom. The molecule has 0 fully saturated rings. The van der Waals surface area contributed by atoms with Crippen LogP contribution in [-0.2, 0) is 9.05 Å². The molecule has 0 amide bonds. The maximum Gasteiger partial charge on any atom is 0.302 e. The van der Waals surface area contributed by atoms with Gasteiger partial charge in [0.2, 0.25) is 0 Å². The van der Waals surface area contributed by atoms with Crippen molar-refractivity contribution in [2.24, 2.45) is 0 Å². The Labute approximate surface area is 103 Å². The zero-order valence-corrected chi connectivity index (χ0v) is 10.5. The molecule has 0 unspecified atom stereocenters. The highest BCUT2D eigenvalue weighted by Crippen LogP contribution is 2.33. The molecule has 0 saturated carbocycles. The number of nitro groups is 1. The van der Waals surface area contributed by atoms with Gasteiger partial charge in [-0.1, -0.05) is 0 Å². The van der Waals surface area contributed by atoms with E-state index in [0.29, 0.717) is 0 Å². The molecule has 1 aromatic rings. The summed E-state index contributed by atoms with van der Waals surface area (Å²) in [6.07, 6.45) is 0. The fourth-order valence-electron chi connectivity index (χ4n) is 1.04. The van der Waals surface area contributed by atoms with Crippen LogP contribution in [0.4, 0.5) is 5.69 Å². The number of benzene rings is 1. The molecule has 1 rings (SSSR count). The van der Waals surface area contributed by atoms with Crippen LogP contribution >= 0.6 is 26.6 Å². The van der Waals surface area contributed by atoms with E-state index in [1.165, 1.54) is 6.07 Å². The van der Waals surface area contributed by atoms with Crippen LogP contribution in [0, 0.1) is 21.4 Å². The minimum absolute atomic E-state index is 0.0121. The lowest BCUT2D eigenvalue weighted by Gasteiger charge is -2.02. The van der Waals surface area contributed by atoms with Crippen LogP contribution in [0.15, 0.2) is 21.5 Å². The molecule has 0 heterocycles. The second-order valence-electron chi connectivity index (χ2n) is 2.58. The molecule has 6 nitrogen and oxygen atoms in total. The van der Waals surface area contributed by atoms with Gasteiger partial charge in [-0.2, -0.15) is 5.26 Å². The molecule has 0 spiro atoms. The Morgan fingerprint density at radius 1 is 1.50 bits per heavy atom. The molecule has 1 aromatic carbocycles. The van der Waals surface area contributed by atoms with Crippen molar-refractivity contribution in [1.29, 1.82) is 5.26 Å². The van der Waals surface area contributed by atoms with Crippen LogP contribution in [0.5, 0.6) is 0 Å². The van der Waals surface area contributed by atoms with E-state index < -0.39 is 30.1 Å². The van der Waals surface area contributed by atoms with Crippen LogP contribution in [0.2, 0.25) is 0 Å². The van der Waals surface area contributed by atoms with Gasteiger partial charge in [0.05, 0.1) is 9.40 Å². The number of nitro benzene ring substituents is 1. The second-order valence-corrected chi connectivity index (χ2v) is 5.96. The van der Waals surface area contributed by atoms with Crippen molar-refractivity contribution in [3.05, 3.63) is 32.3 Å². The van der Waals surface area contributed by atoms with Crippen molar-refractivity contribution >= 4 is 41.4 Å². The molecule has 9 heteroatoms. The topological polar surface area (TPSA) is 101 Å². The third-order valence-electron chi connectivity index (χ3n) is 1.65. The minimum atomic E-state index is -4.19. The van der Waals surface area contributed by atoms with Crippen LogP contribution in [0.25, 0.3) is 0 Å². The lowest BCUT2D eigenvalue weighted by Crippen LogP contribution is -2.01. The van der Waals surface area contributed by atoms with E-state index in [-0.39, 0.29) is 4.47 Å². The summed E-state index contributed by atoms with van der Waals surface area (Å²) in [5, 5.41) is 19.4. The van der Waals surface area contributed by atoms with E-state index in [1.807, 2.05) is 0 Å². The summed E-state index contributed by atoms with van der Waals surface area (Å²) in [4.78, 5) is 9.24. The van der Waals surface area contributed by atoms with Gasteiger partial charge in [0.25, 0.3) is 9.05 Å². The molecule has 0 bridgehead atoms. The number of hydrogen-bond acceptors (Lipinski definition) is 5. The normalized spacial score (nSPS) is 10.8. The van der Waals surface area contributed by atoms with Crippen LogP contribution < -0.4 is 0 Å². The molecule has 0 radical (unpaired) electrons. The highest BCUT2D eigenvalue weighted by Gasteiger charge is 2.27. The first-order valence-electron chi connectivity index (χ1n) is 3.60. The van der Waals surface area contributed by atoms with Gasteiger partial charge in [0.1, 0.15) is 11.0 Å². The lowest BCUT2D eigenvalue weighted by molar-refractivity contribution is -0.386. The molecule has 0 aliphatic heterocycles. The monoisotopic (exact) mass is 324 g/mol. The van der Waals surface area contributed by atoms with Crippen molar-refractivity contribution in [3.63, 3.8) is 0 Å². The Kier molecular flexibility index (Phi) is 3.52. The average molecular weight is 326 g/mol. The van der Waals surface area contributed by atoms with Gasteiger partial charge in [0, 0.05) is 10.7 Å². The smallest absolute Gasteiger partial charge is 0.258 e. The van der Waals surface area contributed by atoms with Crippen LogP contribution in [0.1, 0.15) is 5.56 Å². The van der Waals surface area contributed by atoms with Crippen molar-refractivity contribution in [1.82, 2.24) is 0 Å². The fourth-order valence-corrected chi connectivity index (χ4v) is 2.51. The largest absolute Gasteiger partial charge is 0.302 e. The van der Waals surface area contributed by atoms with Gasteiger partial charge >= 0.3 is 5.69 Å². The first kappa shape index (κ1) is 12.9. The summed E-state index contributed by atoms with van der Waals surface area (Å²) in [5.41, 5.74) is -1.21. The van der Waals surface area contributed by atoms with Gasteiger partial charge in [-0.05, 0) is 28.1 Å². The molecule has 0 atom stereocenters. The molecule has 0 aliphatic carbocycles. The van der Waals surface area contributed by atoms with Crippen molar-refractivity contribution < 1.29 is 13.3 Å². The molecular formula is C7H2BrClN2O4S. The third-order valence-corrected chi connectivity index (χ3v) is 3.65. The predicted octanol–water partition coefficient (Wildman–Crippen LogP) is 2.16. The zero-order chi connectivity index (χ0) is 12.5. The lowest BCUT2D eigenvalue weighted by atomic mass is 10.2. The van der Waals surface area contributed by atoms with Gasteiger partial charge in [-0.25, -0.2) is 8.42 Å². The van der Waals surface area contributed by atoms with E-state index in [9.17, 15) is 18.5 Å². The van der Waals surface area contributed by atoms with Gasteiger partial charge in [-0.3, -0.25) is 10.1 Å². The summed E-state index contributed by atoms with van der Waals surface area (Å²) < 4.78 is 22.2. The van der Waals surface area contributed by atoms with Crippen molar-refractivity contribution in [2.45, 2.75) is 4.90 Å². The van der Waals surface area contributed by atoms with E-state index in [2.05, 4.69) is 15.9 Å². The highest BCUT2D eigenvalue weighted by molar-refractivity contribution is 9.10. The quantitative estimate of drug-likeness (QED) is 0.471. The summed E-state index contributed by atoms with van der Waals surface area (Å²) in [7, 11) is 0.861. The summed E-state index contributed by atoms with van der Waals surface area (Å²) in [6, 6.07) is 3.63. The van der Waals surface area contributed by atoms with Crippen molar-refractivity contribution in [2.75, 3.05) is 0 Å². The number of halogens is 2. The van der Waals surface area contributed by atoms with E-state index in [0.717, 1.165) is 12.1 Å². The minimum Gasteiger partial charge on any atom is -0.258 e. The Balaban J connectivity index is 3.79. The van der Waals surface area contributed by atoms with E-state index >= 15 is 0 Å². The maximum absolute atomic E-state index is 11.1. The van der Waals surface area contributed by atoms with Gasteiger partial charge in [-0.15, -0.1) is 0 Å². The molecule has 0 N–H and O–H groups in total. The fraction of sp³-hybridized carbons (Fsp3) is 0. The van der Waals surface area contributed by atoms with Crippen LogP contribution in [-0.4, -0.2) is 13.3 Å². The highest BCUT2D eigenvalue weighted by atomic mass is 79.9. The predicted molar refractivity (Wildman–Crippen MR) is 58.6 cm³/mol. The molecule has 0 aromatic heterocycles. The number of nitriles is 1. The second kappa shape index (κ2) is 4.37. The van der Waals surface area contributed by atoms with Gasteiger partial charge < -0.3 is 0 Å². The third kappa shape index (κ3) is 2.32. The Hall–Kier alpha value is -1.17. The molecule has 16 heavy (non-hydrogen) atoms. The first-order chi connectivity index (χ1) is 7.29. The van der Waals surface area contributed by atoms with Gasteiger partial charge in [0.15, 0.2) is 5.56 Å². The Morgan fingerprint density at radius 3 is 2.44 bits per heavy atom. The number of hydrogen-bond donors (Lipinski definition) is 0. The first-order valence-corrected chi connectivity index (χ1v) is 6.71. The number of nitrogens with zero attached hydrogens (tertiary/aromatic N) is 2. The SMILES string of the molecule is N#Cc1c(S(=O)(=O)Cl)ccc(Br)c1[N+](=O)[O-]. The molecule has 84 valence electrons. The summed E-state index contributed by atoms with van der Waals surface area (Å²) in [6.45, 7) is 0. The standard InChI is InChI=1S/C7H2BrClN2O4S/c8-5-1-2-6(16(9,14)15)4(3-10)7(5)11(12)13/h1-2H. The maximum atomic E-state index is 11.1. The molecule has 0 saturated heterocycles. The summed E-state index contributed by atoms with van der Waals surface area (Å²) in [5.74, 6) is 0. The van der Waals surface area contributed by atoms with Crippen LogP contribution in [0.3, 0.4) is 0 Å². The van der Waals surface area contributed by atoms with E-state index in [4.69, 9.17) is 15.9 Å². The zero-order valence-electron chi connectivity index (χ0n) is 7.35. The molecular weight excluding hydrogens is 324 g/mol.